The molecule has 0 fully saturated rings. The van der Waals surface area contributed by atoms with E-state index < -0.39 is 0 Å². The van der Waals surface area contributed by atoms with E-state index in [1.807, 2.05) is 37.6 Å². The number of aromatic nitrogens is 1. The maximum atomic E-state index is 11.4. The number of carbonyl (C=O) groups excluding carboxylic acids is 1. The third kappa shape index (κ3) is 2.42. The highest BCUT2D eigenvalue weighted by atomic mass is 16.1. The van der Waals surface area contributed by atoms with Crippen molar-refractivity contribution in [1.29, 1.82) is 0 Å². The van der Waals surface area contributed by atoms with Crippen LogP contribution in [-0.2, 0) is 11.2 Å². The molecule has 1 amide bonds. The summed E-state index contributed by atoms with van der Waals surface area (Å²) >= 11 is 0. The Kier molecular flexibility index (Phi) is 3.48. The van der Waals surface area contributed by atoms with Crippen molar-refractivity contribution >= 4 is 11.6 Å². The zero-order valence-corrected chi connectivity index (χ0v) is 11.4. The highest BCUT2D eigenvalue weighted by Crippen LogP contribution is 2.30. The van der Waals surface area contributed by atoms with Crippen LogP contribution in [0, 0.1) is 0 Å². The fraction of sp³-hybridized carbons (Fsp3) is 0.250. The van der Waals surface area contributed by atoms with Crippen molar-refractivity contribution in [1.82, 2.24) is 10.3 Å². The van der Waals surface area contributed by atoms with Crippen LogP contribution in [0.2, 0.25) is 0 Å². The van der Waals surface area contributed by atoms with E-state index in [1.54, 1.807) is 0 Å². The average molecular weight is 267 g/mol. The number of amides is 1. The van der Waals surface area contributed by atoms with Gasteiger partial charge in [0.05, 0.1) is 6.42 Å². The maximum absolute atomic E-state index is 11.4. The van der Waals surface area contributed by atoms with Crippen LogP contribution < -0.4 is 10.6 Å². The fourth-order valence-corrected chi connectivity index (χ4v) is 2.69. The van der Waals surface area contributed by atoms with E-state index in [9.17, 15) is 4.79 Å². The SMILES string of the molecule is CNCC(c1ccncc1)c1ccc2c(c1)CC(=O)N2. The lowest BCUT2D eigenvalue weighted by Gasteiger charge is -2.18. The number of pyridine rings is 1. The number of nitrogens with zero attached hydrogens (tertiary/aromatic N) is 1. The molecule has 102 valence electrons. The molecule has 1 atom stereocenters. The van der Waals surface area contributed by atoms with Crippen molar-refractivity contribution < 1.29 is 4.79 Å². The van der Waals surface area contributed by atoms with Crippen LogP contribution in [0.5, 0.6) is 0 Å². The smallest absolute Gasteiger partial charge is 0.228 e. The second-order valence-corrected chi connectivity index (χ2v) is 5.03. The van der Waals surface area contributed by atoms with Gasteiger partial charge in [-0.1, -0.05) is 12.1 Å². The summed E-state index contributed by atoms with van der Waals surface area (Å²) in [5.41, 5.74) is 4.48. The largest absolute Gasteiger partial charge is 0.326 e. The highest BCUT2D eigenvalue weighted by Gasteiger charge is 2.20. The minimum atomic E-state index is 0.0752. The van der Waals surface area contributed by atoms with Gasteiger partial charge in [-0.25, -0.2) is 0 Å². The van der Waals surface area contributed by atoms with E-state index in [-0.39, 0.29) is 11.8 Å². The Balaban J connectivity index is 1.97. The van der Waals surface area contributed by atoms with Crippen molar-refractivity contribution in [3.8, 4) is 0 Å². The molecular formula is C16H17N3O. The second kappa shape index (κ2) is 5.43. The number of nitrogens with one attached hydrogen (secondary N) is 2. The van der Waals surface area contributed by atoms with Crippen LogP contribution in [0.3, 0.4) is 0 Å². The van der Waals surface area contributed by atoms with Crippen molar-refractivity contribution in [2.75, 3.05) is 18.9 Å². The Morgan fingerprint density at radius 2 is 2.05 bits per heavy atom. The summed E-state index contributed by atoms with van der Waals surface area (Å²) in [6.07, 6.45) is 4.11. The van der Waals surface area contributed by atoms with Gasteiger partial charge in [-0.05, 0) is 41.9 Å². The van der Waals surface area contributed by atoms with Crippen molar-refractivity contribution in [3.63, 3.8) is 0 Å². The predicted molar refractivity (Wildman–Crippen MR) is 78.8 cm³/mol. The Morgan fingerprint density at radius 3 is 2.80 bits per heavy atom. The molecule has 0 saturated heterocycles. The minimum absolute atomic E-state index is 0.0752. The van der Waals surface area contributed by atoms with Gasteiger partial charge in [0.25, 0.3) is 0 Å². The molecule has 0 bridgehead atoms. The Bertz CT molecular complexity index is 625. The molecule has 1 unspecified atom stereocenters. The topological polar surface area (TPSA) is 54.0 Å². The monoisotopic (exact) mass is 267 g/mol. The van der Waals surface area contributed by atoms with Crippen molar-refractivity contribution in [2.45, 2.75) is 12.3 Å². The van der Waals surface area contributed by atoms with Gasteiger partial charge in [-0.2, -0.15) is 0 Å². The molecule has 20 heavy (non-hydrogen) atoms. The van der Waals surface area contributed by atoms with E-state index >= 15 is 0 Å². The van der Waals surface area contributed by atoms with E-state index in [2.05, 4.69) is 27.8 Å². The molecule has 3 rings (SSSR count). The summed E-state index contributed by atoms with van der Waals surface area (Å²) in [4.78, 5) is 15.5. The number of hydrogen-bond donors (Lipinski definition) is 2. The highest BCUT2D eigenvalue weighted by molar-refractivity contribution is 5.99. The van der Waals surface area contributed by atoms with Crippen LogP contribution >= 0.6 is 0 Å². The summed E-state index contributed by atoms with van der Waals surface area (Å²) < 4.78 is 0. The molecule has 2 aromatic rings. The number of hydrogen-bond acceptors (Lipinski definition) is 3. The third-order valence-electron chi connectivity index (χ3n) is 3.67. The van der Waals surface area contributed by atoms with Gasteiger partial charge in [-0.15, -0.1) is 0 Å². The zero-order chi connectivity index (χ0) is 13.9. The Morgan fingerprint density at radius 1 is 1.25 bits per heavy atom. The molecule has 0 radical (unpaired) electrons. The van der Waals surface area contributed by atoms with E-state index in [4.69, 9.17) is 0 Å². The van der Waals surface area contributed by atoms with Gasteiger partial charge < -0.3 is 10.6 Å². The first-order valence-electron chi connectivity index (χ1n) is 6.75. The average Bonchev–Trinajstić information content (AvgIpc) is 2.84. The molecule has 1 aliphatic rings. The molecular weight excluding hydrogens is 250 g/mol. The summed E-state index contributed by atoms with van der Waals surface area (Å²) in [5, 5.41) is 6.11. The summed E-state index contributed by atoms with van der Waals surface area (Å²) in [7, 11) is 1.95. The number of carbonyl (C=O) groups is 1. The molecule has 0 aliphatic carbocycles. The molecule has 0 spiro atoms. The first-order chi connectivity index (χ1) is 9.78. The van der Waals surface area contributed by atoms with Crippen LogP contribution in [-0.4, -0.2) is 24.5 Å². The lowest BCUT2D eigenvalue weighted by atomic mass is 9.90. The first-order valence-corrected chi connectivity index (χ1v) is 6.75. The molecule has 2 N–H and O–H groups in total. The van der Waals surface area contributed by atoms with Gasteiger partial charge in [0.15, 0.2) is 0 Å². The van der Waals surface area contributed by atoms with E-state index in [1.165, 1.54) is 11.1 Å². The van der Waals surface area contributed by atoms with Gasteiger partial charge >= 0.3 is 0 Å². The molecule has 1 aromatic carbocycles. The number of anilines is 1. The minimum Gasteiger partial charge on any atom is -0.326 e. The first kappa shape index (κ1) is 12.8. The summed E-state index contributed by atoms with van der Waals surface area (Å²) in [6.45, 7) is 0.851. The fourth-order valence-electron chi connectivity index (χ4n) is 2.69. The standard InChI is InChI=1S/C16H17N3O/c1-17-10-14(11-4-6-18-7-5-11)12-2-3-15-13(8-12)9-16(20)19-15/h2-8,14,17H,9-10H2,1H3,(H,19,20). The molecule has 2 heterocycles. The van der Waals surface area contributed by atoms with Crippen LogP contribution in [0.15, 0.2) is 42.7 Å². The predicted octanol–water partition coefficient (Wildman–Crippen LogP) is 1.93. The van der Waals surface area contributed by atoms with Crippen molar-refractivity contribution in [2.24, 2.45) is 0 Å². The third-order valence-corrected chi connectivity index (χ3v) is 3.67. The lowest BCUT2D eigenvalue weighted by Crippen LogP contribution is -2.18. The van der Waals surface area contributed by atoms with Gasteiger partial charge in [0.1, 0.15) is 0 Å². The second-order valence-electron chi connectivity index (χ2n) is 5.03. The molecule has 1 aromatic heterocycles. The number of likely N-dealkylation sites (N-methyl/N-ethyl adjacent to an activating group) is 1. The van der Waals surface area contributed by atoms with Gasteiger partial charge in [0.2, 0.25) is 5.91 Å². The normalized spacial score (nSPS) is 14.8. The lowest BCUT2D eigenvalue weighted by molar-refractivity contribution is -0.115. The summed E-state index contributed by atoms with van der Waals surface area (Å²) in [5.74, 6) is 0.343. The van der Waals surface area contributed by atoms with E-state index in [0.717, 1.165) is 17.8 Å². The molecule has 4 heteroatoms. The van der Waals surface area contributed by atoms with Crippen LogP contribution in [0.1, 0.15) is 22.6 Å². The Labute approximate surface area is 118 Å². The maximum Gasteiger partial charge on any atom is 0.228 e. The van der Waals surface area contributed by atoms with Crippen LogP contribution in [0.4, 0.5) is 5.69 Å². The van der Waals surface area contributed by atoms with Crippen LogP contribution in [0.25, 0.3) is 0 Å². The quantitative estimate of drug-likeness (QED) is 0.890. The molecule has 4 nitrogen and oxygen atoms in total. The number of benzene rings is 1. The Hall–Kier alpha value is -2.20. The van der Waals surface area contributed by atoms with Gasteiger partial charge in [0, 0.05) is 30.5 Å². The zero-order valence-electron chi connectivity index (χ0n) is 11.4. The number of rotatable bonds is 4. The van der Waals surface area contributed by atoms with Crippen molar-refractivity contribution in [3.05, 3.63) is 59.4 Å². The molecule has 0 saturated carbocycles. The van der Waals surface area contributed by atoms with E-state index in [0.29, 0.717) is 6.42 Å². The summed E-state index contributed by atoms with van der Waals surface area (Å²) in [6, 6.07) is 10.3. The van der Waals surface area contributed by atoms with Gasteiger partial charge in [-0.3, -0.25) is 9.78 Å². The number of fused-ring (bicyclic) bond motifs is 1. The molecule has 1 aliphatic heterocycles.